The number of nitrogens with zero attached hydrogens (tertiary/aromatic N) is 8. The van der Waals surface area contributed by atoms with Crippen LogP contribution in [0.4, 0.5) is 32.0 Å². The summed E-state index contributed by atoms with van der Waals surface area (Å²) in [7, 11) is 1.67. The number of thiocarbonyl (C=S) groups is 1. The Morgan fingerprint density at radius 2 is 1.79 bits per heavy atom. The molecule has 0 bridgehead atoms. The molecule has 3 aliphatic heterocycles. The number of amides is 3. The van der Waals surface area contributed by atoms with E-state index in [2.05, 4.69) is 15.4 Å². The normalized spacial score (nSPS) is 24.2. The van der Waals surface area contributed by atoms with Crippen molar-refractivity contribution in [3.63, 3.8) is 0 Å². The minimum Gasteiger partial charge on any atom is -0.377 e. The van der Waals surface area contributed by atoms with Crippen molar-refractivity contribution in [1.29, 1.82) is 5.26 Å². The first-order valence-electron chi connectivity index (χ1n) is 20.3. The third-order valence-electron chi connectivity index (χ3n) is 12.3. The number of benzene rings is 1. The number of nitriles is 1. The number of nitrogens with one attached hydrogen (secondary N) is 1. The van der Waals surface area contributed by atoms with Crippen LogP contribution in [-0.4, -0.2) is 127 Å². The lowest BCUT2D eigenvalue weighted by Gasteiger charge is -2.42. The summed E-state index contributed by atoms with van der Waals surface area (Å²) in [4.78, 5) is 60.5. The van der Waals surface area contributed by atoms with Crippen LogP contribution in [0.5, 0.6) is 0 Å². The SMILES string of the molecule is Cn1nc(C2CCC(=O)NC2=O)c2cccc(CC(=O)CN3CCN(CCOC4CCC(N5C(=S)N(c6cnc(C#N)c(C(F)(F)F)c6)C(=O)C5(C)C)CC4)C[C@@H]3C(F)(F)F)c21. The van der Waals surface area contributed by atoms with Gasteiger partial charge in [0.2, 0.25) is 11.8 Å². The van der Waals surface area contributed by atoms with E-state index in [1.54, 1.807) is 53.6 Å². The van der Waals surface area contributed by atoms with Crippen LogP contribution in [-0.2, 0) is 43.6 Å². The number of para-hydroxylation sites is 1. The fraction of sp³-hybridized carbons (Fsp3) is 0.561. The van der Waals surface area contributed by atoms with Gasteiger partial charge in [0.05, 0.1) is 53.8 Å². The number of fused-ring (bicyclic) bond motifs is 1. The van der Waals surface area contributed by atoms with Crippen LogP contribution < -0.4 is 10.2 Å². The molecule has 0 radical (unpaired) electrons. The molecule has 1 N–H and O–H groups in total. The maximum Gasteiger partial charge on any atom is 0.419 e. The number of imide groups is 1. The van der Waals surface area contributed by atoms with E-state index in [1.807, 2.05) is 0 Å². The topological polar surface area (TPSA) is 157 Å². The molecule has 7 rings (SSSR count). The van der Waals surface area contributed by atoms with Crippen molar-refractivity contribution in [1.82, 2.24) is 34.8 Å². The average Bonchev–Trinajstić information content (AvgIpc) is 3.63. The van der Waals surface area contributed by atoms with Crippen molar-refractivity contribution in [3.8, 4) is 6.07 Å². The first kappa shape index (κ1) is 45.0. The Hall–Kier alpha value is -5.04. The van der Waals surface area contributed by atoms with Crippen molar-refractivity contribution < 1.29 is 50.3 Å². The van der Waals surface area contributed by atoms with Crippen molar-refractivity contribution in [2.75, 3.05) is 44.2 Å². The van der Waals surface area contributed by atoms with Gasteiger partial charge in [-0.25, -0.2) is 4.98 Å². The Morgan fingerprint density at radius 1 is 1.06 bits per heavy atom. The van der Waals surface area contributed by atoms with Crippen LogP contribution >= 0.6 is 12.2 Å². The highest BCUT2D eigenvalue weighted by Gasteiger charge is 2.53. The second-order valence-electron chi connectivity index (χ2n) is 16.7. The van der Waals surface area contributed by atoms with Gasteiger partial charge in [-0.05, 0) is 69.8 Å². The molecule has 332 valence electrons. The monoisotopic (exact) mass is 889 g/mol. The Labute approximate surface area is 358 Å². The number of pyridine rings is 1. The van der Waals surface area contributed by atoms with Gasteiger partial charge in [-0.15, -0.1) is 0 Å². The van der Waals surface area contributed by atoms with Gasteiger partial charge in [0.1, 0.15) is 17.6 Å². The number of anilines is 1. The van der Waals surface area contributed by atoms with Gasteiger partial charge in [-0.3, -0.25) is 43.9 Å². The number of hydrogen-bond donors (Lipinski definition) is 1. The zero-order valence-electron chi connectivity index (χ0n) is 34.2. The number of ketones is 1. The van der Waals surface area contributed by atoms with Gasteiger partial charge in [-0.2, -0.15) is 36.7 Å². The molecule has 1 saturated carbocycles. The Morgan fingerprint density at radius 3 is 2.45 bits per heavy atom. The van der Waals surface area contributed by atoms with Crippen LogP contribution in [0.3, 0.4) is 0 Å². The van der Waals surface area contributed by atoms with Gasteiger partial charge in [0.25, 0.3) is 5.91 Å². The summed E-state index contributed by atoms with van der Waals surface area (Å²) in [5.41, 5.74) is -1.84. The number of ether oxygens (including phenoxy) is 1. The minimum absolute atomic E-state index is 0.00785. The number of hydrogen-bond acceptors (Lipinski definition) is 11. The standard InChI is InChI=1S/C41H45F6N9O5S/c1-39(2)37(60)55(25-18-30(40(42,43)44)31(19-48)49-20-25)38(62)56(39)24-7-9-27(10-8-24)61-16-15-53-13-14-54(32(22-53)41(45,46)47)21-26(57)17-23-5-4-6-28-34(51-52(3)35(23)28)29-11-12-33(58)50-36(29)59/h4-6,18,20,24,27,29,32H,7-17,21-22H2,1-3H3,(H,50,58,59)/t24?,27?,29?,32-/m1/s1. The quantitative estimate of drug-likeness (QED) is 0.160. The van der Waals surface area contributed by atoms with E-state index < -0.39 is 65.3 Å². The Kier molecular flexibility index (Phi) is 12.5. The molecular weight excluding hydrogens is 845 g/mol. The van der Waals surface area contributed by atoms with E-state index in [4.69, 9.17) is 22.2 Å². The first-order valence-corrected chi connectivity index (χ1v) is 20.7. The number of carbonyl (C=O) groups excluding carboxylic acids is 4. The number of aromatic nitrogens is 3. The van der Waals surface area contributed by atoms with Crippen molar-refractivity contribution in [3.05, 3.63) is 53.0 Å². The second-order valence-corrected chi connectivity index (χ2v) is 17.1. The number of halogens is 6. The summed E-state index contributed by atoms with van der Waals surface area (Å²) in [5, 5.41) is 16.7. The summed E-state index contributed by atoms with van der Waals surface area (Å²) in [6, 6.07) is 5.21. The maximum absolute atomic E-state index is 14.5. The summed E-state index contributed by atoms with van der Waals surface area (Å²) in [6.45, 7) is 3.22. The van der Waals surface area contributed by atoms with E-state index >= 15 is 0 Å². The number of piperidine rings is 1. The number of Topliss-reactive ketones (excluding diaryl/α,β-unsaturated/α-hetero) is 1. The summed E-state index contributed by atoms with van der Waals surface area (Å²) in [5.74, 6) is -2.39. The van der Waals surface area contributed by atoms with Gasteiger partial charge in [-0.1, -0.05) is 18.2 Å². The highest BCUT2D eigenvalue weighted by molar-refractivity contribution is 7.80. The molecule has 3 amide bonds. The third kappa shape index (κ3) is 8.92. The van der Waals surface area contributed by atoms with E-state index in [1.165, 1.54) is 11.0 Å². The summed E-state index contributed by atoms with van der Waals surface area (Å²) < 4.78 is 92.2. The lowest BCUT2D eigenvalue weighted by molar-refractivity contribution is -0.197. The first-order chi connectivity index (χ1) is 29.2. The number of piperazine rings is 1. The molecule has 4 fully saturated rings. The molecule has 1 aromatic carbocycles. The van der Waals surface area contributed by atoms with E-state index in [0.29, 0.717) is 60.3 Å². The molecule has 1 unspecified atom stereocenters. The van der Waals surface area contributed by atoms with Crippen molar-refractivity contribution in [2.45, 2.75) is 101 Å². The van der Waals surface area contributed by atoms with Gasteiger partial charge in [0, 0.05) is 57.5 Å². The van der Waals surface area contributed by atoms with Crippen LogP contribution in [0.2, 0.25) is 0 Å². The summed E-state index contributed by atoms with van der Waals surface area (Å²) in [6.07, 6.45) is -6.18. The minimum atomic E-state index is -4.88. The van der Waals surface area contributed by atoms with Crippen molar-refractivity contribution >= 4 is 57.4 Å². The molecule has 3 aromatic rings. The molecule has 4 aliphatic rings. The zero-order chi connectivity index (χ0) is 44.9. The fourth-order valence-corrected chi connectivity index (χ4v) is 9.79. The van der Waals surface area contributed by atoms with Gasteiger partial charge >= 0.3 is 12.4 Å². The van der Waals surface area contributed by atoms with Crippen LogP contribution in [0.25, 0.3) is 10.9 Å². The zero-order valence-corrected chi connectivity index (χ0v) is 35.0. The smallest absolute Gasteiger partial charge is 0.377 e. The Balaban J connectivity index is 0.910. The maximum atomic E-state index is 14.5. The average molecular weight is 890 g/mol. The lowest BCUT2D eigenvalue weighted by atomic mass is 9.89. The predicted molar refractivity (Wildman–Crippen MR) is 214 cm³/mol. The van der Waals surface area contributed by atoms with E-state index in [9.17, 15) is 45.5 Å². The van der Waals surface area contributed by atoms with E-state index in [-0.39, 0.29) is 74.5 Å². The molecule has 2 aromatic heterocycles. The highest BCUT2D eigenvalue weighted by Crippen LogP contribution is 2.40. The molecule has 0 spiro atoms. The van der Waals surface area contributed by atoms with Crippen LogP contribution in [0.1, 0.15) is 80.8 Å². The van der Waals surface area contributed by atoms with Crippen LogP contribution in [0.15, 0.2) is 30.5 Å². The molecule has 2 atom stereocenters. The molecule has 21 heteroatoms. The fourth-order valence-electron chi connectivity index (χ4n) is 9.23. The number of rotatable bonds is 11. The van der Waals surface area contributed by atoms with E-state index in [0.717, 1.165) is 11.1 Å². The molecule has 14 nitrogen and oxygen atoms in total. The number of aryl methyl sites for hydroxylation is 1. The molecule has 5 heterocycles. The number of carbonyl (C=O) groups is 4. The van der Waals surface area contributed by atoms with Crippen LogP contribution in [0, 0.1) is 11.3 Å². The van der Waals surface area contributed by atoms with Gasteiger partial charge < -0.3 is 9.64 Å². The second kappa shape index (κ2) is 17.3. The highest BCUT2D eigenvalue weighted by atomic mass is 32.1. The molecule has 3 saturated heterocycles. The van der Waals surface area contributed by atoms with Gasteiger partial charge in [0.15, 0.2) is 16.6 Å². The summed E-state index contributed by atoms with van der Waals surface area (Å²) >= 11 is 5.66. The third-order valence-corrected chi connectivity index (χ3v) is 12.7. The lowest BCUT2D eigenvalue weighted by Crippen LogP contribution is -2.60. The number of alkyl halides is 6. The molecule has 62 heavy (non-hydrogen) atoms. The predicted octanol–water partition coefficient (Wildman–Crippen LogP) is 4.78. The Bertz CT molecular complexity index is 2320. The molecule has 1 aliphatic carbocycles. The van der Waals surface area contributed by atoms with Crippen molar-refractivity contribution in [2.24, 2.45) is 7.05 Å². The molecular formula is C41H45F6N9O5S. The largest absolute Gasteiger partial charge is 0.419 e.